The van der Waals surface area contributed by atoms with Gasteiger partial charge < -0.3 is 10.6 Å². The van der Waals surface area contributed by atoms with E-state index in [0.29, 0.717) is 24.4 Å². The van der Waals surface area contributed by atoms with Crippen molar-refractivity contribution in [3.63, 3.8) is 0 Å². The van der Waals surface area contributed by atoms with Crippen LogP contribution in [0.3, 0.4) is 0 Å². The zero-order chi connectivity index (χ0) is 22.4. The highest BCUT2D eigenvalue weighted by Crippen LogP contribution is 2.46. The van der Waals surface area contributed by atoms with Crippen molar-refractivity contribution in [1.82, 2.24) is 30.4 Å². The van der Waals surface area contributed by atoms with E-state index < -0.39 is 17.5 Å². The number of anilines is 1. The lowest BCUT2D eigenvalue weighted by Crippen LogP contribution is -2.54. The summed E-state index contributed by atoms with van der Waals surface area (Å²) < 4.78 is 1.50. The van der Waals surface area contributed by atoms with Gasteiger partial charge in [-0.3, -0.25) is 14.5 Å². The van der Waals surface area contributed by atoms with E-state index in [1.54, 1.807) is 12.1 Å². The number of rotatable bonds is 4. The molecule has 2 N–H and O–H groups in total. The van der Waals surface area contributed by atoms with Gasteiger partial charge in [0, 0.05) is 5.69 Å². The lowest BCUT2D eigenvalue weighted by atomic mass is 9.64. The van der Waals surface area contributed by atoms with Crippen molar-refractivity contribution in [2.45, 2.75) is 52.5 Å². The molecule has 10 heteroatoms. The Morgan fingerprint density at radius 2 is 2.06 bits per heavy atom. The summed E-state index contributed by atoms with van der Waals surface area (Å²) in [7, 11) is 0. The Morgan fingerprint density at radius 3 is 2.74 bits per heavy atom. The van der Waals surface area contributed by atoms with E-state index in [9.17, 15) is 14.4 Å². The number of benzene rings is 1. The summed E-state index contributed by atoms with van der Waals surface area (Å²) in [6, 6.07) is 4.84. The summed E-state index contributed by atoms with van der Waals surface area (Å²) in [4.78, 5) is 39.6. The minimum absolute atomic E-state index is 0.0629. The van der Waals surface area contributed by atoms with Gasteiger partial charge in [-0.15, -0.1) is 5.10 Å². The van der Waals surface area contributed by atoms with Crippen LogP contribution >= 0.6 is 0 Å². The second kappa shape index (κ2) is 7.44. The van der Waals surface area contributed by atoms with Crippen LogP contribution in [-0.2, 0) is 9.59 Å². The van der Waals surface area contributed by atoms with Gasteiger partial charge in [0.1, 0.15) is 18.4 Å². The van der Waals surface area contributed by atoms with Crippen molar-refractivity contribution in [2.75, 3.05) is 11.9 Å². The maximum absolute atomic E-state index is 13.2. The molecule has 1 saturated carbocycles. The van der Waals surface area contributed by atoms with E-state index in [1.807, 2.05) is 13.0 Å². The van der Waals surface area contributed by atoms with Gasteiger partial charge in [-0.05, 0) is 65.6 Å². The van der Waals surface area contributed by atoms with Gasteiger partial charge in [-0.2, -0.15) is 0 Å². The molecular weight excluding hydrogens is 398 g/mol. The molecule has 1 saturated heterocycles. The molecule has 0 radical (unpaired) electrons. The molecule has 1 aromatic carbocycles. The lowest BCUT2D eigenvalue weighted by molar-refractivity contribution is -0.136. The second-order valence-corrected chi connectivity index (χ2v) is 9.51. The Bertz CT molecular complexity index is 1030. The molecule has 4 amide bonds. The van der Waals surface area contributed by atoms with Crippen LogP contribution in [0.15, 0.2) is 24.5 Å². The van der Waals surface area contributed by atoms with Crippen molar-refractivity contribution < 1.29 is 14.4 Å². The summed E-state index contributed by atoms with van der Waals surface area (Å²) in [6.45, 7) is 7.81. The minimum atomic E-state index is -0.922. The standard InChI is InChI=1S/C21H27N7O3/c1-13-8-20(3,4)11-21(9-13)18(30)27(19(31)24-21)10-17(29)23-15-6-5-7-16(14(15)2)28-12-22-25-26-28/h5-7,12-13H,8-11H2,1-4H3,(H,23,29)(H,24,31). The molecule has 2 atom stereocenters. The second-order valence-electron chi connectivity index (χ2n) is 9.51. The topological polar surface area (TPSA) is 122 Å². The smallest absolute Gasteiger partial charge is 0.324 e. The van der Waals surface area contributed by atoms with Crippen molar-refractivity contribution in [3.05, 3.63) is 30.1 Å². The van der Waals surface area contributed by atoms with E-state index in [2.05, 4.69) is 46.9 Å². The highest BCUT2D eigenvalue weighted by atomic mass is 16.2. The van der Waals surface area contributed by atoms with Crippen LogP contribution in [-0.4, -0.2) is 55.0 Å². The first-order valence-electron chi connectivity index (χ1n) is 10.4. The van der Waals surface area contributed by atoms with E-state index in [4.69, 9.17) is 0 Å². The van der Waals surface area contributed by atoms with Gasteiger partial charge in [-0.25, -0.2) is 9.48 Å². The zero-order valence-electron chi connectivity index (χ0n) is 18.2. The molecule has 2 fully saturated rings. The van der Waals surface area contributed by atoms with E-state index in [-0.39, 0.29) is 17.9 Å². The third kappa shape index (κ3) is 3.89. The van der Waals surface area contributed by atoms with E-state index in [1.165, 1.54) is 11.0 Å². The van der Waals surface area contributed by atoms with Crippen molar-refractivity contribution >= 4 is 23.5 Å². The number of nitrogens with zero attached hydrogens (tertiary/aromatic N) is 5. The van der Waals surface area contributed by atoms with Gasteiger partial charge >= 0.3 is 6.03 Å². The fraction of sp³-hybridized carbons (Fsp3) is 0.524. The number of urea groups is 1. The van der Waals surface area contributed by atoms with Gasteiger partial charge in [0.25, 0.3) is 5.91 Å². The first-order valence-corrected chi connectivity index (χ1v) is 10.4. The number of nitrogens with one attached hydrogen (secondary N) is 2. The molecule has 1 aliphatic carbocycles. The molecule has 2 heterocycles. The van der Waals surface area contributed by atoms with E-state index in [0.717, 1.165) is 22.6 Å². The zero-order valence-corrected chi connectivity index (χ0v) is 18.2. The lowest BCUT2D eigenvalue weighted by Gasteiger charge is -2.43. The Hall–Kier alpha value is -3.30. The summed E-state index contributed by atoms with van der Waals surface area (Å²) in [5.41, 5.74) is 1.06. The Kier molecular flexibility index (Phi) is 5.03. The highest BCUT2D eigenvalue weighted by molar-refractivity contribution is 6.10. The first kappa shape index (κ1) is 21.0. The van der Waals surface area contributed by atoms with E-state index >= 15 is 0 Å². The average molecular weight is 425 g/mol. The molecule has 1 aromatic heterocycles. The largest absolute Gasteiger partial charge is 0.325 e. The molecule has 2 unspecified atom stereocenters. The number of hydrogen-bond acceptors (Lipinski definition) is 6. The fourth-order valence-electron chi connectivity index (χ4n) is 5.26. The summed E-state index contributed by atoms with van der Waals surface area (Å²) in [6.07, 6.45) is 3.62. The van der Waals surface area contributed by atoms with Crippen molar-refractivity contribution in [3.8, 4) is 5.69 Å². The molecule has 10 nitrogen and oxygen atoms in total. The third-order valence-electron chi connectivity index (χ3n) is 6.10. The van der Waals surface area contributed by atoms with Crippen molar-refractivity contribution in [1.29, 1.82) is 0 Å². The van der Waals surface area contributed by atoms with Crippen LogP contribution in [0.2, 0.25) is 0 Å². The normalized spacial score (nSPS) is 25.0. The first-order chi connectivity index (χ1) is 14.6. The number of imide groups is 1. The third-order valence-corrected chi connectivity index (χ3v) is 6.10. The van der Waals surface area contributed by atoms with Crippen LogP contribution in [0.25, 0.3) is 5.69 Å². The Labute approximate surface area is 180 Å². The van der Waals surface area contributed by atoms with Crippen LogP contribution in [0.4, 0.5) is 10.5 Å². The van der Waals surface area contributed by atoms with Crippen molar-refractivity contribution in [2.24, 2.45) is 11.3 Å². The molecule has 1 aliphatic heterocycles. The van der Waals surface area contributed by atoms with Gasteiger partial charge in [0.2, 0.25) is 5.91 Å². The fourth-order valence-corrected chi connectivity index (χ4v) is 5.26. The molecule has 31 heavy (non-hydrogen) atoms. The number of carbonyl (C=O) groups is 3. The number of hydrogen-bond donors (Lipinski definition) is 2. The number of aromatic nitrogens is 4. The Balaban J connectivity index is 1.49. The van der Waals surface area contributed by atoms with Gasteiger partial charge in [0.15, 0.2) is 0 Å². The molecular formula is C21H27N7O3. The molecule has 164 valence electrons. The van der Waals surface area contributed by atoms with Crippen LogP contribution in [0.5, 0.6) is 0 Å². The maximum atomic E-state index is 13.2. The molecule has 1 spiro atoms. The predicted molar refractivity (Wildman–Crippen MR) is 112 cm³/mol. The summed E-state index contributed by atoms with van der Waals surface area (Å²) in [5, 5.41) is 16.8. The number of amides is 4. The van der Waals surface area contributed by atoms with Crippen LogP contribution in [0.1, 0.15) is 45.6 Å². The molecule has 0 bridgehead atoms. The number of carbonyl (C=O) groups excluding carboxylic acids is 3. The predicted octanol–water partition coefficient (Wildman–Crippen LogP) is 2.05. The van der Waals surface area contributed by atoms with Crippen LogP contribution in [0, 0.1) is 18.3 Å². The summed E-state index contributed by atoms with van der Waals surface area (Å²) >= 11 is 0. The van der Waals surface area contributed by atoms with Gasteiger partial charge in [-0.1, -0.05) is 26.8 Å². The maximum Gasteiger partial charge on any atom is 0.325 e. The summed E-state index contributed by atoms with van der Waals surface area (Å²) in [5.74, 6) is -0.453. The SMILES string of the molecule is Cc1c(NC(=O)CN2C(=O)NC3(CC(C)CC(C)(C)C3)C2=O)cccc1-n1cnnn1. The Morgan fingerprint density at radius 1 is 1.29 bits per heavy atom. The quantitative estimate of drug-likeness (QED) is 0.723. The average Bonchev–Trinajstić information content (AvgIpc) is 3.26. The molecule has 2 aliphatic rings. The monoisotopic (exact) mass is 425 g/mol. The molecule has 4 rings (SSSR count). The number of tetrazole rings is 1. The molecule has 2 aromatic rings. The van der Waals surface area contributed by atoms with Gasteiger partial charge in [0.05, 0.1) is 5.69 Å². The minimum Gasteiger partial charge on any atom is -0.324 e. The highest BCUT2D eigenvalue weighted by Gasteiger charge is 2.56. The van der Waals surface area contributed by atoms with Crippen LogP contribution < -0.4 is 10.6 Å².